The molecular formula is C25H23N3O6. The Morgan fingerprint density at radius 2 is 1.00 bits per heavy atom. The van der Waals surface area contributed by atoms with E-state index in [1.165, 1.54) is 18.2 Å². The first-order valence-corrected chi connectivity index (χ1v) is 10.5. The van der Waals surface area contributed by atoms with Gasteiger partial charge < -0.3 is 20.8 Å². The number of amides is 2. The van der Waals surface area contributed by atoms with Crippen molar-refractivity contribution in [3.63, 3.8) is 0 Å². The third-order valence-corrected chi connectivity index (χ3v) is 4.99. The molecule has 0 saturated carbocycles. The largest absolute Gasteiger partial charge is 0.480 e. The molecule has 3 aromatic rings. The molecule has 0 fully saturated rings. The van der Waals surface area contributed by atoms with Crippen molar-refractivity contribution in [3.05, 3.63) is 101 Å². The van der Waals surface area contributed by atoms with Crippen molar-refractivity contribution in [2.45, 2.75) is 24.9 Å². The van der Waals surface area contributed by atoms with E-state index in [4.69, 9.17) is 0 Å². The van der Waals surface area contributed by atoms with Gasteiger partial charge in [0.05, 0.1) is 0 Å². The van der Waals surface area contributed by atoms with E-state index in [1.54, 1.807) is 60.7 Å². The molecule has 0 bridgehead atoms. The molecule has 0 radical (unpaired) electrons. The normalized spacial score (nSPS) is 12.2. The quantitative estimate of drug-likeness (QED) is 0.361. The fourth-order valence-electron chi connectivity index (χ4n) is 3.25. The van der Waals surface area contributed by atoms with Gasteiger partial charge in [-0.05, 0) is 23.3 Å². The monoisotopic (exact) mass is 461 g/mol. The summed E-state index contributed by atoms with van der Waals surface area (Å²) < 4.78 is 0. The van der Waals surface area contributed by atoms with Crippen LogP contribution in [0.4, 0.5) is 0 Å². The summed E-state index contributed by atoms with van der Waals surface area (Å²) in [7, 11) is 0. The summed E-state index contributed by atoms with van der Waals surface area (Å²) in [5.74, 6) is -3.96. The highest BCUT2D eigenvalue weighted by Crippen LogP contribution is 2.08. The fraction of sp³-hybridized carbons (Fsp3) is 0.160. The predicted octanol–water partition coefficient (Wildman–Crippen LogP) is 1.93. The van der Waals surface area contributed by atoms with Gasteiger partial charge in [0.25, 0.3) is 11.8 Å². The number of carboxylic acid groups (broad SMARTS) is 2. The molecule has 34 heavy (non-hydrogen) atoms. The molecule has 1 heterocycles. The van der Waals surface area contributed by atoms with Crippen LogP contribution in [0.15, 0.2) is 78.9 Å². The van der Waals surface area contributed by atoms with Crippen molar-refractivity contribution in [2.75, 3.05) is 0 Å². The molecule has 0 spiro atoms. The van der Waals surface area contributed by atoms with E-state index in [0.717, 1.165) is 11.1 Å². The molecule has 2 atom stereocenters. The fourth-order valence-corrected chi connectivity index (χ4v) is 3.25. The van der Waals surface area contributed by atoms with Gasteiger partial charge in [-0.25, -0.2) is 14.6 Å². The minimum atomic E-state index is -1.21. The van der Waals surface area contributed by atoms with Gasteiger partial charge in [0.2, 0.25) is 0 Å². The Balaban J connectivity index is 1.69. The molecule has 9 heteroatoms. The summed E-state index contributed by atoms with van der Waals surface area (Å²) in [5, 5.41) is 23.8. The summed E-state index contributed by atoms with van der Waals surface area (Å²) in [6.45, 7) is 0. The highest BCUT2D eigenvalue weighted by molar-refractivity contribution is 5.98. The van der Waals surface area contributed by atoms with Crippen LogP contribution < -0.4 is 10.6 Å². The van der Waals surface area contributed by atoms with Gasteiger partial charge in [-0.3, -0.25) is 9.59 Å². The van der Waals surface area contributed by atoms with E-state index in [0.29, 0.717) is 0 Å². The second kappa shape index (κ2) is 11.4. The Labute approximate surface area is 195 Å². The third-order valence-electron chi connectivity index (χ3n) is 4.99. The SMILES string of the molecule is O=C(NC(Cc1ccccc1)C(=O)O)c1cccc(C(=O)NC(Cc2ccccc2)C(=O)O)n1. The van der Waals surface area contributed by atoms with Gasteiger partial charge in [0.1, 0.15) is 23.5 Å². The Kier molecular flexibility index (Phi) is 8.07. The number of hydrogen-bond donors (Lipinski definition) is 4. The minimum absolute atomic E-state index is 0.0713. The Hall–Kier alpha value is -4.53. The van der Waals surface area contributed by atoms with Gasteiger partial charge in [-0.15, -0.1) is 0 Å². The zero-order valence-electron chi connectivity index (χ0n) is 18.0. The number of pyridine rings is 1. The zero-order valence-corrected chi connectivity index (χ0v) is 18.0. The lowest BCUT2D eigenvalue weighted by molar-refractivity contribution is -0.140. The molecule has 4 N–H and O–H groups in total. The van der Waals surface area contributed by atoms with Gasteiger partial charge in [-0.1, -0.05) is 66.7 Å². The van der Waals surface area contributed by atoms with Crippen LogP contribution >= 0.6 is 0 Å². The van der Waals surface area contributed by atoms with Crippen LogP contribution in [0.25, 0.3) is 0 Å². The number of carbonyl (C=O) groups is 4. The molecule has 0 aliphatic carbocycles. The van der Waals surface area contributed by atoms with Crippen molar-refractivity contribution in [1.82, 2.24) is 15.6 Å². The summed E-state index contributed by atoms with van der Waals surface area (Å²) in [6.07, 6.45) is 0.143. The van der Waals surface area contributed by atoms with Crippen molar-refractivity contribution in [1.29, 1.82) is 0 Å². The van der Waals surface area contributed by atoms with Crippen LogP contribution in [0.5, 0.6) is 0 Å². The molecular weight excluding hydrogens is 438 g/mol. The Morgan fingerprint density at radius 1 is 0.618 bits per heavy atom. The van der Waals surface area contributed by atoms with Gasteiger partial charge in [0.15, 0.2) is 0 Å². The lowest BCUT2D eigenvalue weighted by Gasteiger charge is -2.16. The molecule has 3 rings (SSSR count). The molecule has 174 valence electrons. The van der Waals surface area contributed by atoms with Crippen LogP contribution in [-0.4, -0.2) is 51.0 Å². The van der Waals surface area contributed by atoms with Gasteiger partial charge >= 0.3 is 11.9 Å². The number of rotatable bonds is 10. The molecule has 2 amide bonds. The molecule has 9 nitrogen and oxygen atoms in total. The zero-order chi connectivity index (χ0) is 24.5. The highest BCUT2D eigenvalue weighted by atomic mass is 16.4. The second-order valence-electron chi connectivity index (χ2n) is 7.52. The van der Waals surface area contributed by atoms with E-state index in [2.05, 4.69) is 15.6 Å². The molecule has 1 aromatic heterocycles. The van der Waals surface area contributed by atoms with Crippen molar-refractivity contribution >= 4 is 23.8 Å². The summed E-state index contributed by atoms with van der Waals surface area (Å²) in [5.41, 5.74) is 1.13. The van der Waals surface area contributed by atoms with E-state index in [9.17, 15) is 29.4 Å². The van der Waals surface area contributed by atoms with E-state index in [-0.39, 0.29) is 24.2 Å². The van der Waals surface area contributed by atoms with Crippen LogP contribution in [0.1, 0.15) is 32.1 Å². The molecule has 0 aliphatic heterocycles. The number of hydrogen-bond acceptors (Lipinski definition) is 5. The number of aromatic nitrogens is 1. The van der Waals surface area contributed by atoms with E-state index < -0.39 is 35.8 Å². The topological polar surface area (TPSA) is 146 Å². The number of carboxylic acids is 2. The maximum atomic E-state index is 12.6. The Morgan fingerprint density at radius 3 is 1.35 bits per heavy atom. The van der Waals surface area contributed by atoms with Crippen LogP contribution in [0, 0.1) is 0 Å². The number of carbonyl (C=O) groups excluding carboxylic acids is 2. The first-order chi connectivity index (χ1) is 16.3. The standard InChI is InChI=1S/C25H23N3O6/c29-22(27-20(24(31)32)14-16-8-3-1-4-9-16)18-12-7-13-19(26-18)23(30)28-21(25(33)34)15-17-10-5-2-6-11-17/h1-13,20-21H,14-15H2,(H,27,29)(H,28,30)(H,31,32)(H,33,34). The number of nitrogens with one attached hydrogen (secondary N) is 2. The Bertz CT molecular complexity index is 1080. The summed E-state index contributed by atoms with van der Waals surface area (Å²) in [6, 6.07) is 19.4. The second-order valence-corrected chi connectivity index (χ2v) is 7.52. The predicted molar refractivity (Wildman–Crippen MR) is 122 cm³/mol. The molecule has 2 unspecified atom stereocenters. The number of aliphatic carboxylic acids is 2. The lowest BCUT2D eigenvalue weighted by Crippen LogP contribution is -2.43. The highest BCUT2D eigenvalue weighted by Gasteiger charge is 2.24. The number of benzene rings is 2. The summed E-state index contributed by atoms with van der Waals surface area (Å²) >= 11 is 0. The first kappa shape index (κ1) is 24.1. The van der Waals surface area contributed by atoms with Crippen molar-refractivity contribution in [2.24, 2.45) is 0 Å². The van der Waals surface area contributed by atoms with Gasteiger partial charge in [0, 0.05) is 12.8 Å². The maximum absolute atomic E-state index is 12.6. The van der Waals surface area contributed by atoms with Crippen LogP contribution in [0.2, 0.25) is 0 Å². The van der Waals surface area contributed by atoms with Crippen molar-refractivity contribution in [3.8, 4) is 0 Å². The maximum Gasteiger partial charge on any atom is 0.326 e. The molecule has 2 aromatic carbocycles. The average Bonchev–Trinajstić information content (AvgIpc) is 2.84. The van der Waals surface area contributed by atoms with Crippen LogP contribution in [-0.2, 0) is 22.4 Å². The third kappa shape index (κ3) is 6.73. The van der Waals surface area contributed by atoms with Gasteiger partial charge in [-0.2, -0.15) is 0 Å². The van der Waals surface area contributed by atoms with Crippen LogP contribution in [0.3, 0.4) is 0 Å². The average molecular weight is 461 g/mol. The van der Waals surface area contributed by atoms with E-state index >= 15 is 0 Å². The molecule has 0 aliphatic rings. The smallest absolute Gasteiger partial charge is 0.326 e. The lowest BCUT2D eigenvalue weighted by atomic mass is 10.1. The first-order valence-electron chi connectivity index (χ1n) is 10.5. The van der Waals surface area contributed by atoms with Crippen molar-refractivity contribution < 1.29 is 29.4 Å². The summed E-state index contributed by atoms with van der Waals surface area (Å²) in [4.78, 5) is 52.5. The molecule has 0 saturated heterocycles. The van der Waals surface area contributed by atoms with E-state index in [1.807, 2.05) is 0 Å². The number of nitrogens with zero attached hydrogens (tertiary/aromatic N) is 1. The minimum Gasteiger partial charge on any atom is -0.480 e.